The summed E-state index contributed by atoms with van der Waals surface area (Å²) in [5.74, 6) is -0.947. The summed E-state index contributed by atoms with van der Waals surface area (Å²) in [5, 5.41) is 8.70. The van der Waals surface area contributed by atoms with E-state index in [1.54, 1.807) is 11.3 Å². The molecule has 0 aliphatic carbocycles. The molecule has 0 amide bonds. The fraction of sp³-hybridized carbons (Fsp3) is 0.500. The van der Waals surface area contributed by atoms with Crippen molar-refractivity contribution in [2.75, 3.05) is 6.61 Å². The van der Waals surface area contributed by atoms with Crippen molar-refractivity contribution in [2.45, 2.75) is 25.5 Å². The highest BCUT2D eigenvalue weighted by atomic mass is 32.1. The average Bonchev–Trinajstić information content (AvgIpc) is 2.59. The summed E-state index contributed by atoms with van der Waals surface area (Å²) in [6.45, 7) is 1.41. The summed E-state index contributed by atoms with van der Waals surface area (Å²) < 4.78 is 5.32. The van der Waals surface area contributed by atoms with Crippen LogP contribution in [0.15, 0.2) is 6.07 Å². The highest BCUT2D eigenvalue weighted by molar-refractivity contribution is 7.12. The van der Waals surface area contributed by atoms with Crippen LogP contribution in [0.3, 0.4) is 0 Å². The molecule has 4 nitrogen and oxygen atoms in total. The molecule has 2 rings (SSSR count). The van der Waals surface area contributed by atoms with Crippen molar-refractivity contribution >= 4 is 17.3 Å². The van der Waals surface area contributed by atoms with Gasteiger partial charge in [0.15, 0.2) is 0 Å². The van der Waals surface area contributed by atoms with Gasteiger partial charge in [0, 0.05) is 22.6 Å². The predicted molar refractivity (Wildman–Crippen MR) is 57.0 cm³/mol. The summed E-state index contributed by atoms with van der Waals surface area (Å²) >= 11 is 1.66. The summed E-state index contributed by atoms with van der Waals surface area (Å²) in [6.07, 6.45) is 1.34. The van der Waals surface area contributed by atoms with Gasteiger partial charge in [0.25, 0.3) is 0 Å². The fourth-order valence-corrected chi connectivity index (χ4v) is 2.83. The first-order valence-corrected chi connectivity index (χ1v) is 5.65. The van der Waals surface area contributed by atoms with E-state index in [0.717, 1.165) is 17.9 Å². The topological polar surface area (TPSA) is 72.5 Å². The molecule has 1 unspecified atom stereocenters. The Balaban J connectivity index is 2.09. The number of fused-ring (bicyclic) bond motifs is 1. The number of aliphatic carboxylic acids is 1. The number of nitrogens with two attached hydrogens (primary N) is 1. The van der Waals surface area contributed by atoms with E-state index >= 15 is 0 Å². The van der Waals surface area contributed by atoms with Gasteiger partial charge in [-0.2, -0.15) is 0 Å². The lowest BCUT2D eigenvalue weighted by molar-refractivity contribution is -0.138. The maximum Gasteiger partial charge on any atom is 0.320 e. The Morgan fingerprint density at radius 3 is 3.20 bits per heavy atom. The number of hydrogen-bond acceptors (Lipinski definition) is 4. The standard InChI is InChI=1S/C10H13NO3S/c11-8(10(12)13)4-7-3-6-5-14-2-1-9(6)15-7/h3,8H,1-2,4-5,11H2,(H,12,13). The Morgan fingerprint density at radius 1 is 1.73 bits per heavy atom. The lowest BCUT2D eigenvalue weighted by Crippen LogP contribution is -2.31. The van der Waals surface area contributed by atoms with E-state index in [4.69, 9.17) is 15.6 Å². The Hall–Kier alpha value is -0.910. The molecule has 0 radical (unpaired) electrons. The smallest absolute Gasteiger partial charge is 0.320 e. The zero-order valence-electron chi connectivity index (χ0n) is 8.23. The van der Waals surface area contributed by atoms with E-state index < -0.39 is 12.0 Å². The molecule has 0 bridgehead atoms. The first kappa shape index (κ1) is 10.6. The van der Waals surface area contributed by atoms with Gasteiger partial charge in [0.1, 0.15) is 6.04 Å². The molecule has 0 saturated heterocycles. The number of carboxylic acid groups (broad SMARTS) is 1. The Kier molecular flexibility index (Phi) is 3.04. The Labute approximate surface area is 91.7 Å². The zero-order chi connectivity index (χ0) is 10.8. The quantitative estimate of drug-likeness (QED) is 0.800. The number of thiophene rings is 1. The Morgan fingerprint density at radius 2 is 2.53 bits per heavy atom. The van der Waals surface area contributed by atoms with Crippen molar-refractivity contribution in [1.82, 2.24) is 0 Å². The van der Waals surface area contributed by atoms with Gasteiger partial charge in [0.2, 0.25) is 0 Å². The zero-order valence-corrected chi connectivity index (χ0v) is 9.05. The summed E-state index contributed by atoms with van der Waals surface area (Å²) in [4.78, 5) is 13.0. The van der Waals surface area contributed by atoms with Crippen LogP contribution in [0.4, 0.5) is 0 Å². The molecule has 0 spiro atoms. The minimum Gasteiger partial charge on any atom is -0.480 e. The third-order valence-corrected chi connectivity index (χ3v) is 3.68. The third kappa shape index (κ3) is 2.37. The fourth-order valence-electron chi connectivity index (χ4n) is 1.61. The van der Waals surface area contributed by atoms with Gasteiger partial charge in [-0.3, -0.25) is 4.79 Å². The van der Waals surface area contributed by atoms with Crippen molar-refractivity contribution < 1.29 is 14.6 Å². The van der Waals surface area contributed by atoms with Crippen molar-refractivity contribution in [3.05, 3.63) is 21.4 Å². The predicted octanol–water partition coefficient (Wildman–Crippen LogP) is 0.775. The van der Waals surface area contributed by atoms with E-state index in [0.29, 0.717) is 13.0 Å². The van der Waals surface area contributed by atoms with Crippen LogP contribution in [0, 0.1) is 0 Å². The Bertz CT molecular complexity index is 351. The van der Waals surface area contributed by atoms with Crippen molar-refractivity contribution in [1.29, 1.82) is 0 Å². The molecule has 3 N–H and O–H groups in total. The normalized spacial score (nSPS) is 17.1. The molecule has 1 aromatic heterocycles. The first-order chi connectivity index (χ1) is 7.16. The number of carboxylic acids is 1. The van der Waals surface area contributed by atoms with Gasteiger partial charge in [-0.1, -0.05) is 0 Å². The van der Waals surface area contributed by atoms with Crippen LogP contribution in [0.5, 0.6) is 0 Å². The number of ether oxygens (including phenoxy) is 1. The van der Waals surface area contributed by atoms with Gasteiger partial charge >= 0.3 is 5.97 Å². The van der Waals surface area contributed by atoms with E-state index in [1.165, 1.54) is 10.4 Å². The third-order valence-electron chi connectivity index (χ3n) is 2.42. The van der Waals surface area contributed by atoms with Crippen LogP contribution < -0.4 is 5.73 Å². The SMILES string of the molecule is NC(Cc1cc2c(s1)CCOC2)C(=O)O. The average molecular weight is 227 g/mol. The molecule has 1 aromatic rings. The van der Waals surface area contributed by atoms with Gasteiger partial charge in [-0.15, -0.1) is 11.3 Å². The molecule has 82 valence electrons. The second-order valence-electron chi connectivity index (χ2n) is 3.61. The minimum atomic E-state index is -0.947. The summed E-state index contributed by atoms with van der Waals surface area (Å²) in [7, 11) is 0. The van der Waals surface area contributed by atoms with E-state index in [9.17, 15) is 4.79 Å². The van der Waals surface area contributed by atoms with Crippen LogP contribution in [-0.2, 0) is 29.0 Å². The molecule has 2 heterocycles. The number of hydrogen-bond donors (Lipinski definition) is 2. The van der Waals surface area contributed by atoms with E-state index in [1.807, 2.05) is 6.07 Å². The maximum absolute atomic E-state index is 10.6. The number of rotatable bonds is 3. The van der Waals surface area contributed by atoms with Crippen molar-refractivity contribution in [3.63, 3.8) is 0 Å². The maximum atomic E-state index is 10.6. The second kappa shape index (κ2) is 4.30. The summed E-state index contributed by atoms with van der Waals surface area (Å²) in [6, 6.07) is 1.22. The molecular weight excluding hydrogens is 214 g/mol. The largest absolute Gasteiger partial charge is 0.480 e. The molecule has 1 aliphatic rings. The van der Waals surface area contributed by atoms with Crippen molar-refractivity contribution in [3.8, 4) is 0 Å². The van der Waals surface area contributed by atoms with Gasteiger partial charge in [0.05, 0.1) is 13.2 Å². The lowest BCUT2D eigenvalue weighted by atomic mass is 10.1. The minimum absolute atomic E-state index is 0.410. The van der Waals surface area contributed by atoms with E-state index in [-0.39, 0.29) is 0 Å². The van der Waals surface area contributed by atoms with Crippen molar-refractivity contribution in [2.24, 2.45) is 5.73 Å². The highest BCUT2D eigenvalue weighted by Gasteiger charge is 2.17. The van der Waals surface area contributed by atoms with Gasteiger partial charge in [-0.25, -0.2) is 0 Å². The molecule has 15 heavy (non-hydrogen) atoms. The monoisotopic (exact) mass is 227 g/mol. The van der Waals surface area contributed by atoms with Gasteiger partial charge in [-0.05, 0) is 11.6 Å². The summed E-state index contributed by atoms with van der Waals surface area (Å²) in [5.41, 5.74) is 6.68. The molecule has 0 saturated carbocycles. The molecular formula is C10H13NO3S. The highest BCUT2D eigenvalue weighted by Crippen LogP contribution is 2.27. The molecule has 1 aliphatic heterocycles. The van der Waals surface area contributed by atoms with Gasteiger partial charge < -0.3 is 15.6 Å². The van der Waals surface area contributed by atoms with Crippen LogP contribution >= 0.6 is 11.3 Å². The number of carbonyl (C=O) groups is 1. The van der Waals surface area contributed by atoms with E-state index in [2.05, 4.69) is 0 Å². The molecule has 5 heteroatoms. The van der Waals surface area contributed by atoms with Crippen LogP contribution in [0.1, 0.15) is 15.3 Å². The first-order valence-electron chi connectivity index (χ1n) is 4.83. The molecule has 1 atom stereocenters. The molecule has 0 fully saturated rings. The lowest BCUT2D eigenvalue weighted by Gasteiger charge is -2.10. The van der Waals surface area contributed by atoms with Crippen LogP contribution in [0.25, 0.3) is 0 Å². The second-order valence-corrected chi connectivity index (χ2v) is 4.83. The van der Waals surface area contributed by atoms with Crippen LogP contribution in [0.2, 0.25) is 0 Å². The van der Waals surface area contributed by atoms with Crippen LogP contribution in [-0.4, -0.2) is 23.7 Å². The molecule has 0 aromatic carbocycles.